The first-order valence-corrected chi connectivity index (χ1v) is 7.95. The third-order valence-electron chi connectivity index (χ3n) is 3.57. The molecule has 0 bridgehead atoms. The summed E-state index contributed by atoms with van der Waals surface area (Å²) in [6.07, 6.45) is -1.40. The van der Waals surface area contributed by atoms with Gasteiger partial charge in [-0.3, -0.25) is 4.79 Å². The van der Waals surface area contributed by atoms with Gasteiger partial charge in [-0.15, -0.1) is 11.6 Å². The highest BCUT2D eigenvalue weighted by atomic mass is 35.5. The van der Waals surface area contributed by atoms with Crippen LogP contribution in [0.2, 0.25) is 0 Å². The minimum Gasteiger partial charge on any atom is -0.465 e. The lowest BCUT2D eigenvalue weighted by Gasteiger charge is -2.19. The van der Waals surface area contributed by atoms with Crippen LogP contribution < -0.4 is 5.32 Å². The van der Waals surface area contributed by atoms with Crippen LogP contribution in [0.3, 0.4) is 0 Å². The summed E-state index contributed by atoms with van der Waals surface area (Å²) in [7, 11) is 0. The molecule has 2 rings (SSSR count). The smallest absolute Gasteiger partial charge is 0.405 e. The van der Waals surface area contributed by atoms with Crippen LogP contribution >= 0.6 is 11.6 Å². The van der Waals surface area contributed by atoms with E-state index >= 15 is 0 Å². The minimum absolute atomic E-state index is 0.160. The fourth-order valence-corrected chi connectivity index (χ4v) is 2.81. The van der Waals surface area contributed by atoms with Gasteiger partial charge in [0.2, 0.25) is 0 Å². The lowest BCUT2D eigenvalue weighted by molar-refractivity contribution is -0.120. The number of ketones is 1. The number of carboxylic acid groups (broad SMARTS) is 1. The molecule has 0 saturated heterocycles. The summed E-state index contributed by atoms with van der Waals surface area (Å²) in [5, 5.41) is 10.0. The van der Waals surface area contributed by atoms with E-state index in [1.54, 1.807) is 24.3 Å². The number of hydrogen-bond acceptors (Lipinski definition) is 2. The molecule has 0 saturated carbocycles. The maximum absolute atomic E-state index is 13.3. The first-order chi connectivity index (χ1) is 11.8. The Hall–Kier alpha value is -2.47. The molecule has 1 unspecified atom stereocenters. The van der Waals surface area contributed by atoms with Crippen molar-refractivity contribution in [3.63, 3.8) is 0 Å². The van der Waals surface area contributed by atoms with Gasteiger partial charge < -0.3 is 10.4 Å². The van der Waals surface area contributed by atoms with Gasteiger partial charge in [-0.05, 0) is 29.7 Å². The minimum atomic E-state index is -1.42. The SMILES string of the molecule is O=C(O)N[C@@H](Cc1cc(F)cc(F)c1)C(=O)C(Cl)Cc1ccccc1. The van der Waals surface area contributed by atoms with Crippen molar-refractivity contribution in [1.82, 2.24) is 5.32 Å². The molecule has 0 aliphatic rings. The number of hydrogen-bond donors (Lipinski definition) is 2. The highest BCUT2D eigenvalue weighted by molar-refractivity contribution is 6.32. The van der Waals surface area contributed by atoms with Crippen LogP contribution in [0, 0.1) is 11.6 Å². The van der Waals surface area contributed by atoms with Crippen LogP contribution in [-0.4, -0.2) is 28.4 Å². The fraction of sp³-hybridized carbons (Fsp3) is 0.222. The van der Waals surface area contributed by atoms with Gasteiger partial charge in [0.1, 0.15) is 11.6 Å². The molecular weight excluding hydrogens is 352 g/mol. The second kappa shape index (κ2) is 8.58. The van der Waals surface area contributed by atoms with Crippen molar-refractivity contribution in [2.45, 2.75) is 24.3 Å². The van der Waals surface area contributed by atoms with Crippen molar-refractivity contribution in [3.8, 4) is 0 Å². The Labute approximate surface area is 148 Å². The average Bonchev–Trinajstić information content (AvgIpc) is 2.53. The van der Waals surface area contributed by atoms with Crippen LogP contribution in [0.1, 0.15) is 11.1 Å². The standard InChI is InChI=1S/C18H16ClF2NO3/c19-15(8-11-4-2-1-3-5-11)17(23)16(22-18(24)25)9-12-6-13(20)10-14(21)7-12/h1-7,10,15-16,22H,8-9H2,(H,24,25)/t15?,16-/m0/s1. The first-order valence-electron chi connectivity index (χ1n) is 7.51. The summed E-state index contributed by atoms with van der Waals surface area (Å²) in [6.45, 7) is 0. The number of carbonyl (C=O) groups excluding carboxylic acids is 1. The van der Waals surface area contributed by atoms with Crippen molar-refractivity contribution in [2.24, 2.45) is 0 Å². The Morgan fingerprint density at radius 1 is 1.00 bits per heavy atom. The van der Waals surface area contributed by atoms with Gasteiger partial charge in [0.15, 0.2) is 5.78 Å². The molecule has 4 nitrogen and oxygen atoms in total. The zero-order valence-electron chi connectivity index (χ0n) is 13.1. The quantitative estimate of drug-likeness (QED) is 0.735. The summed E-state index contributed by atoms with van der Waals surface area (Å²) < 4.78 is 26.6. The molecule has 2 atom stereocenters. The van der Waals surface area contributed by atoms with Crippen molar-refractivity contribution in [1.29, 1.82) is 0 Å². The van der Waals surface area contributed by atoms with Crippen LogP contribution in [0.25, 0.3) is 0 Å². The van der Waals surface area contributed by atoms with E-state index in [1.165, 1.54) is 0 Å². The molecule has 0 aliphatic heterocycles. The molecule has 2 aromatic rings. The summed E-state index contributed by atoms with van der Waals surface area (Å²) in [4.78, 5) is 23.5. The number of Topliss-reactive ketones (excluding diaryl/α,β-unsaturated/α-hetero) is 1. The average molecular weight is 368 g/mol. The summed E-state index contributed by atoms with van der Waals surface area (Å²) >= 11 is 6.14. The predicted octanol–water partition coefficient (Wildman–Crippen LogP) is 3.56. The Bertz CT molecular complexity index is 735. The molecule has 0 fully saturated rings. The summed E-state index contributed by atoms with van der Waals surface area (Å²) in [6, 6.07) is 10.6. The number of carbonyl (C=O) groups is 2. The third-order valence-corrected chi connectivity index (χ3v) is 3.94. The molecule has 132 valence electrons. The van der Waals surface area contributed by atoms with Gasteiger partial charge in [-0.25, -0.2) is 13.6 Å². The molecular formula is C18H16ClF2NO3. The molecule has 2 aromatic carbocycles. The van der Waals surface area contributed by atoms with Crippen LogP contribution in [0.15, 0.2) is 48.5 Å². The Kier molecular flexibility index (Phi) is 6.47. The second-order valence-electron chi connectivity index (χ2n) is 5.54. The molecule has 0 aliphatic carbocycles. The third kappa shape index (κ3) is 5.83. The monoisotopic (exact) mass is 367 g/mol. The van der Waals surface area contributed by atoms with Crippen molar-refractivity contribution in [3.05, 3.63) is 71.3 Å². The van der Waals surface area contributed by atoms with Crippen molar-refractivity contribution < 1.29 is 23.5 Å². The van der Waals surface area contributed by atoms with Crippen LogP contribution in [0.4, 0.5) is 13.6 Å². The Morgan fingerprint density at radius 3 is 2.16 bits per heavy atom. The normalized spacial score (nSPS) is 13.1. The molecule has 0 spiro atoms. The highest BCUT2D eigenvalue weighted by Gasteiger charge is 2.27. The number of amides is 1. The number of benzene rings is 2. The first kappa shape index (κ1) is 18.9. The van der Waals surface area contributed by atoms with E-state index in [2.05, 4.69) is 5.32 Å². The van der Waals surface area contributed by atoms with E-state index in [0.29, 0.717) is 6.07 Å². The van der Waals surface area contributed by atoms with Gasteiger partial charge in [-0.2, -0.15) is 0 Å². The zero-order valence-corrected chi connectivity index (χ0v) is 13.8. The van der Waals surface area contributed by atoms with Gasteiger partial charge in [-0.1, -0.05) is 30.3 Å². The van der Waals surface area contributed by atoms with Crippen molar-refractivity contribution >= 4 is 23.5 Å². The lowest BCUT2D eigenvalue weighted by Crippen LogP contribution is -2.45. The second-order valence-corrected chi connectivity index (χ2v) is 6.07. The van der Waals surface area contributed by atoms with Gasteiger partial charge in [0.25, 0.3) is 0 Å². The number of nitrogens with one attached hydrogen (secondary N) is 1. The Morgan fingerprint density at radius 2 is 1.60 bits per heavy atom. The molecule has 7 heteroatoms. The van der Waals surface area contributed by atoms with Crippen LogP contribution in [0.5, 0.6) is 0 Å². The van der Waals surface area contributed by atoms with Crippen molar-refractivity contribution in [2.75, 3.05) is 0 Å². The zero-order chi connectivity index (χ0) is 18.4. The van der Waals surface area contributed by atoms with E-state index < -0.39 is 34.9 Å². The van der Waals surface area contributed by atoms with E-state index in [9.17, 15) is 18.4 Å². The number of alkyl halides is 1. The molecule has 0 heterocycles. The maximum Gasteiger partial charge on any atom is 0.405 e. The molecule has 2 N–H and O–H groups in total. The maximum atomic E-state index is 13.3. The molecule has 0 aromatic heterocycles. The molecule has 25 heavy (non-hydrogen) atoms. The topological polar surface area (TPSA) is 66.4 Å². The van der Waals surface area contributed by atoms with Gasteiger partial charge >= 0.3 is 6.09 Å². The van der Waals surface area contributed by atoms with E-state index in [0.717, 1.165) is 17.7 Å². The molecule has 1 amide bonds. The summed E-state index contributed by atoms with van der Waals surface area (Å²) in [5.41, 5.74) is 0.981. The van der Waals surface area contributed by atoms with E-state index in [1.807, 2.05) is 6.07 Å². The van der Waals surface area contributed by atoms with Crippen LogP contribution in [-0.2, 0) is 17.6 Å². The molecule has 0 radical (unpaired) electrons. The highest BCUT2D eigenvalue weighted by Crippen LogP contribution is 2.15. The van der Waals surface area contributed by atoms with E-state index in [-0.39, 0.29) is 18.4 Å². The summed E-state index contributed by atoms with van der Waals surface area (Å²) in [5.74, 6) is -2.16. The number of rotatable bonds is 7. The van der Waals surface area contributed by atoms with E-state index in [4.69, 9.17) is 16.7 Å². The largest absolute Gasteiger partial charge is 0.465 e. The predicted molar refractivity (Wildman–Crippen MR) is 89.8 cm³/mol. The van der Waals surface area contributed by atoms with Gasteiger partial charge in [0.05, 0.1) is 11.4 Å². The fourth-order valence-electron chi connectivity index (χ4n) is 2.48. The van der Waals surface area contributed by atoms with Gasteiger partial charge in [0, 0.05) is 12.5 Å². The number of halogens is 3. The Balaban J connectivity index is 2.14. The lowest BCUT2D eigenvalue weighted by atomic mass is 9.97.